The number of amides is 2. The Labute approximate surface area is 127 Å². The first kappa shape index (κ1) is 16.3. The van der Waals surface area contributed by atoms with Crippen molar-refractivity contribution in [3.05, 3.63) is 0 Å². The van der Waals surface area contributed by atoms with Crippen molar-refractivity contribution >= 4 is 11.8 Å². The van der Waals surface area contributed by atoms with Crippen LogP contribution in [0.25, 0.3) is 0 Å². The Balaban J connectivity index is 1.75. The molecule has 5 nitrogen and oxygen atoms in total. The highest BCUT2D eigenvalue weighted by Crippen LogP contribution is 2.28. The molecule has 0 bridgehead atoms. The molecule has 2 rings (SSSR count). The molecule has 1 aliphatic carbocycles. The summed E-state index contributed by atoms with van der Waals surface area (Å²) in [7, 11) is 0. The van der Waals surface area contributed by atoms with Crippen LogP contribution in [0.3, 0.4) is 0 Å². The molecule has 2 amide bonds. The summed E-state index contributed by atoms with van der Waals surface area (Å²) in [5.41, 5.74) is 0. The Bertz CT molecular complexity index is 369. The molecule has 2 fully saturated rings. The molecule has 1 unspecified atom stereocenters. The topological polar surface area (TPSA) is 62.6 Å². The highest BCUT2D eigenvalue weighted by molar-refractivity contribution is 5.85. The van der Waals surface area contributed by atoms with Gasteiger partial charge >= 0.3 is 0 Å². The van der Waals surface area contributed by atoms with Gasteiger partial charge in [0.05, 0.1) is 19.1 Å². The fourth-order valence-corrected chi connectivity index (χ4v) is 3.91. The van der Waals surface area contributed by atoms with E-state index in [0.717, 1.165) is 12.5 Å². The van der Waals surface area contributed by atoms with Crippen molar-refractivity contribution < 1.29 is 14.5 Å². The minimum absolute atomic E-state index is 0.00938. The Morgan fingerprint density at radius 2 is 1.81 bits per heavy atom. The van der Waals surface area contributed by atoms with E-state index in [1.54, 1.807) is 0 Å². The van der Waals surface area contributed by atoms with E-state index in [2.05, 4.69) is 10.6 Å². The second-order valence-corrected chi connectivity index (χ2v) is 6.88. The molecule has 0 aromatic carbocycles. The quantitative estimate of drug-likeness (QED) is 0.661. The molecule has 1 saturated carbocycles. The van der Waals surface area contributed by atoms with Gasteiger partial charge in [0.1, 0.15) is 0 Å². The molecule has 2 aliphatic rings. The maximum Gasteiger partial charge on any atom is 0.275 e. The van der Waals surface area contributed by atoms with Gasteiger partial charge in [-0.25, -0.2) is 0 Å². The Morgan fingerprint density at radius 3 is 2.57 bits per heavy atom. The van der Waals surface area contributed by atoms with E-state index in [1.807, 2.05) is 13.8 Å². The minimum atomic E-state index is -0.109. The Morgan fingerprint density at radius 1 is 1.10 bits per heavy atom. The Kier molecular flexibility index (Phi) is 6.03. The molecule has 1 saturated heterocycles. The number of hydrogen-bond acceptors (Lipinski definition) is 2. The SMILES string of the molecule is CC(C)NC(=O)CNC(=O)C[NH+]1CCC[C@@H]2CCCC[C@@H]21. The predicted molar refractivity (Wildman–Crippen MR) is 82.0 cm³/mol. The van der Waals surface area contributed by atoms with E-state index in [9.17, 15) is 9.59 Å². The average Bonchev–Trinajstić information content (AvgIpc) is 2.45. The van der Waals surface area contributed by atoms with E-state index >= 15 is 0 Å². The fraction of sp³-hybridized carbons (Fsp3) is 0.875. The average molecular weight is 296 g/mol. The molecule has 120 valence electrons. The van der Waals surface area contributed by atoms with Gasteiger partial charge in [0.2, 0.25) is 5.91 Å². The van der Waals surface area contributed by atoms with Gasteiger partial charge in [-0.1, -0.05) is 6.42 Å². The van der Waals surface area contributed by atoms with Crippen molar-refractivity contribution in [1.82, 2.24) is 10.6 Å². The molecule has 0 aromatic rings. The number of piperidine rings is 1. The van der Waals surface area contributed by atoms with Crippen LogP contribution in [0.15, 0.2) is 0 Å². The van der Waals surface area contributed by atoms with Crippen molar-refractivity contribution in [2.45, 2.75) is 64.5 Å². The zero-order valence-electron chi connectivity index (χ0n) is 13.4. The number of fused-ring (bicyclic) bond motifs is 1. The van der Waals surface area contributed by atoms with Gasteiger partial charge in [-0.15, -0.1) is 0 Å². The van der Waals surface area contributed by atoms with Gasteiger partial charge in [0.15, 0.2) is 6.54 Å². The highest BCUT2D eigenvalue weighted by Gasteiger charge is 2.37. The number of nitrogens with one attached hydrogen (secondary N) is 3. The summed E-state index contributed by atoms with van der Waals surface area (Å²) in [6.45, 7) is 5.56. The highest BCUT2D eigenvalue weighted by atomic mass is 16.2. The van der Waals surface area contributed by atoms with Crippen molar-refractivity contribution in [3.8, 4) is 0 Å². The lowest BCUT2D eigenvalue weighted by molar-refractivity contribution is -0.928. The maximum absolute atomic E-state index is 12.1. The molecule has 21 heavy (non-hydrogen) atoms. The van der Waals surface area contributed by atoms with Gasteiger partial charge < -0.3 is 15.5 Å². The maximum atomic E-state index is 12.1. The summed E-state index contributed by atoms with van der Waals surface area (Å²) in [6.07, 6.45) is 7.84. The van der Waals surface area contributed by atoms with Crippen molar-refractivity contribution in [2.75, 3.05) is 19.6 Å². The van der Waals surface area contributed by atoms with E-state index in [-0.39, 0.29) is 24.4 Å². The molecule has 3 N–H and O–H groups in total. The first-order valence-electron chi connectivity index (χ1n) is 8.47. The molecule has 5 heteroatoms. The van der Waals surface area contributed by atoms with Crippen LogP contribution < -0.4 is 15.5 Å². The number of rotatable bonds is 5. The lowest BCUT2D eigenvalue weighted by Gasteiger charge is -2.40. The van der Waals surface area contributed by atoms with Crippen LogP contribution in [0.2, 0.25) is 0 Å². The number of hydrogen-bond donors (Lipinski definition) is 3. The third-order valence-corrected chi connectivity index (χ3v) is 4.79. The molecular weight excluding hydrogens is 266 g/mol. The second-order valence-electron chi connectivity index (χ2n) is 6.88. The van der Waals surface area contributed by atoms with Gasteiger partial charge in [-0.3, -0.25) is 9.59 Å². The van der Waals surface area contributed by atoms with Crippen molar-refractivity contribution in [1.29, 1.82) is 0 Å². The molecule has 0 aromatic heterocycles. The lowest BCUT2D eigenvalue weighted by atomic mass is 9.78. The Hall–Kier alpha value is -1.10. The fourth-order valence-electron chi connectivity index (χ4n) is 3.91. The first-order valence-corrected chi connectivity index (χ1v) is 8.47. The summed E-state index contributed by atoms with van der Waals surface area (Å²) >= 11 is 0. The summed E-state index contributed by atoms with van der Waals surface area (Å²) < 4.78 is 0. The van der Waals surface area contributed by atoms with Gasteiger partial charge in [-0.2, -0.15) is 0 Å². The van der Waals surface area contributed by atoms with Crippen LogP contribution in [-0.4, -0.2) is 43.5 Å². The van der Waals surface area contributed by atoms with Crippen LogP contribution >= 0.6 is 0 Å². The van der Waals surface area contributed by atoms with E-state index in [4.69, 9.17) is 0 Å². The van der Waals surface area contributed by atoms with Crippen LogP contribution in [0.1, 0.15) is 52.4 Å². The lowest BCUT2D eigenvalue weighted by Crippen LogP contribution is -3.18. The third kappa shape index (κ3) is 4.99. The summed E-state index contributed by atoms with van der Waals surface area (Å²) in [6, 6.07) is 0.785. The standard InChI is InChI=1S/C16H29N3O2/c1-12(2)18-15(20)10-17-16(21)11-19-9-5-7-13-6-3-4-8-14(13)19/h12-14H,3-11H2,1-2H3,(H,17,21)(H,18,20)/p+1/t13-,14-/m0/s1. The summed E-state index contributed by atoms with van der Waals surface area (Å²) in [5.74, 6) is 0.720. The summed E-state index contributed by atoms with van der Waals surface area (Å²) in [5, 5.41) is 5.55. The zero-order chi connectivity index (χ0) is 15.2. The van der Waals surface area contributed by atoms with Crippen molar-refractivity contribution in [3.63, 3.8) is 0 Å². The molecule has 0 radical (unpaired) electrons. The van der Waals surface area contributed by atoms with E-state index in [1.165, 1.54) is 43.4 Å². The summed E-state index contributed by atoms with van der Waals surface area (Å²) in [4.78, 5) is 25.0. The second kappa shape index (κ2) is 7.78. The van der Waals surface area contributed by atoms with E-state index in [0.29, 0.717) is 12.6 Å². The molecule has 1 aliphatic heterocycles. The monoisotopic (exact) mass is 296 g/mol. The zero-order valence-corrected chi connectivity index (χ0v) is 13.4. The smallest absolute Gasteiger partial charge is 0.275 e. The number of likely N-dealkylation sites (tertiary alicyclic amines) is 1. The van der Waals surface area contributed by atoms with Gasteiger partial charge in [-0.05, 0) is 46.0 Å². The molecule has 0 spiro atoms. The van der Waals surface area contributed by atoms with Gasteiger partial charge in [0, 0.05) is 12.0 Å². The first-order chi connectivity index (χ1) is 10.1. The molecule has 1 heterocycles. The number of carbonyl (C=O) groups is 2. The van der Waals surface area contributed by atoms with Crippen LogP contribution in [-0.2, 0) is 9.59 Å². The predicted octanol–water partition coefficient (Wildman–Crippen LogP) is -0.135. The van der Waals surface area contributed by atoms with Gasteiger partial charge in [0.25, 0.3) is 5.91 Å². The minimum Gasteiger partial charge on any atom is -0.352 e. The molecule has 3 atom stereocenters. The van der Waals surface area contributed by atoms with Crippen molar-refractivity contribution in [2.24, 2.45) is 5.92 Å². The normalized spacial score (nSPS) is 28.8. The van der Waals surface area contributed by atoms with Crippen LogP contribution in [0.5, 0.6) is 0 Å². The number of carbonyl (C=O) groups excluding carboxylic acids is 2. The largest absolute Gasteiger partial charge is 0.352 e. The van der Waals surface area contributed by atoms with Crippen LogP contribution in [0, 0.1) is 5.92 Å². The molecular formula is C16H30N3O2+. The van der Waals surface area contributed by atoms with Crippen LogP contribution in [0.4, 0.5) is 0 Å². The van der Waals surface area contributed by atoms with E-state index < -0.39 is 0 Å². The number of quaternary nitrogens is 1. The third-order valence-electron chi connectivity index (χ3n) is 4.79.